The van der Waals surface area contributed by atoms with E-state index in [-0.39, 0.29) is 12.5 Å². The van der Waals surface area contributed by atoms with E-state index >= 15 is 0 Å². The fraction of sp³-hybridized carbons (Fsp3) is 0.400. The summed E-state index contributed by atoms with van der Waals surface area (Å²) < 4.78 is 2.11. The molecule has 5 rings (SSSR count). The summed E-state index contributed by atoms with van der Waals surface area (Å²) in [5, 5.41) is 19.1. The first-order valence-electron chi connectivity index (χ1n) is 11.5. The molecule has 0 radical (unpaired) electrons. The minimum atomic E-state index is -0.271. The Balaban J connectivity index is 1.30. The van der Waals surface area contributed by atoms with Crippen LogP contribution in [0.4, 0.5) is 11.6 Å². The molecule has 2 aromatic heterocycles. The van der Waals surface area contributed by atoms with Gasteiger partial charge < -0.3 is 10.6 Å². The lowest BCUT2D eigenvalue weighted by atomic mass is 9.85. The van der Waals surface area contributed by atoms with Gasteiger partial charge in [-0.2, -0.15) is 10.4 Å². The van der Waals surface area contributed by atoms with Gasteiger partial charge in [-0.3, -0.25) is 9.48 Å². The zero-order chi connectivity index (χ0) is 22.8. The molecule has 8 nitrogen and oxygen atoms in total. The minimum Gasteiger partial charge on any atom is -0.339 e. The van der Waals surface area contributed by atoms with Crippen LogP contribution < -0.4 is 10.6 Å². The van der Waals surface area contributed by atoms with E-state index in [1.54, 1.807) is 18.3 Å². The molecule has 2 aliphatic carbocycles. The first-order chi connectivity index (χ1) is 16.1. The Bertz CT molecular complexity index is 1180. The molecule has 2 unspecified atom stereocenters. The van der Waals surface area contributed by atoms with Crippen molar-refractivity contribution in [3.05, 3.63) is 54.0 Å². The van der Waals surface area contributed by atoms with Crippen molar-refractivity contribution in [1.29, 1.82) is 5.26 Å². The number of carbonyl (C=O) groups is 1. The molecule has 1 aromatic carbocycles. The van der Waals surface area contributed by atoms with E-state index in [1.165, 1.54) is 32.1 Å². The van der Waals surface area contributed by atoms with Crippen LogP contribution in [-0.2, 0) is 0 Å². The molecular formula is C25H27N7O. The molecule has 1 amide bonds. The van der Waals surface area contributed by atoms with Gasteiger partial charge in [-0.1, -0.05) is 25.0 Å². The monoisotopic (exact) mass is 441 g/mol. The maximum absolute atomic E-state index is 12.0. The lowest BCUT2D eigenvalue weighted by Gasteiger charge is -2.27. The van der Waals surface area contributed by atoms with E-state index in [1.807, 2.05) is 31.3 Å². The van der Waals surface area contributed by atoms with Gasteiger partial charge in [0, 0.05) is 23.5 Å². The average molecular weight is 442 g/mol. The summed E-state index contributed by atoms with van der Waals surface area (Å²) in [6, 6.07) is 9.58. The van der Waals surface area contributed by atoms with Gasteiger partial charge in [0.1, 0.15) is 6.54 Å². The van der Waals surface area contributed by atoms with Gasteiger partial charge in [0.15, 0.2) is 0 Å². The number of carbonyl (C=O) groups excluding carboxylic acids is 1. The van der Waals surface area contributed by atoms with Crippen LogP contribution in [-0.4, -0.2) is 32.2 Å². The predicted octanol–water partition coefficient (Wildman–Crippen LogP) is 4.40. The highest BCUT2D eigenvalue weighted by atomic mass is 16.1. The molecule has 0 saturated heterocycles. The maximum Gasteiger partial charge on any atom is 0.252 e. The molecule has 33 heavy (non-hydrogen) atoms. The molecule has 2 N–H and O–H groups in total. The number of hydrogen-bond donors (Lipinski definition) is 2. The molecule has 0 aliphatic heterocycles. The van der Waals surface area contributed by atoms with Gasteiger partial charge in [-0.25, -0.2) is 9.97 Å². The normalized spacial score (nSPS) is 21.4. The van der Waals surface area contributed by atoms with E-state index in [0.29, 0.717) is 17.6 Å². The Hall–Kier alpha value is -3.73. The SMILES string of the molecule is Cc1cnc(Nc2cnn(C3CC4CCC(C4)C3)c2)nc1-c1ccc(C(=O)NCC#N)cc1. The third-order valence-corrected chi connectivity index (χ3v) is 6.81. The van der Waals surface area contributed by atoms with Gasteiger partial charge in [0.05, 0.1) is 29.7 Å². The van der Waals surface area contributed by atoms with Crippen molar-refractivity contribution in [2.24, 2.45) is 11.8 Å². The first kappa shape index (κ1) is 21.1. The lowest BCUT2D eigenvalue weighted by Crippen LogP contribution is -2.23. The quantitative estimate of drug-likeness (QED) is 0.549. The molecule has 8 heteroatoms. The van der Waals surface area contributed by atoms with Gasteiger partial charge in [0.25, 0.3) is 5.91 Å². The predicted molar refractivity (Wildman–Crippen MR) is 125 cm³/mol. The Morgan fingerprint density at radius 2 is 1.91 bits per heavy atom. The van der Waals surface area contributed by atoms with E-state index in [0.717, 1.165) is 34.3 Å². The Morgan fingerprint density at radius 3 is 2.64 bits per heavy atom. The Morgan fingerprint density at radius 1 is 1.15 bits per heavy atom. The number of hydrogen-bond acceptors (Lipinski definition) is 6. The van der Waals surface area contributed by atoms with Crippen molar-refractivity contribution in [1.82, 2.24) is 25.1 Å². The molecule has 0 spiro atoms. The highest BCUT2D eigenvalue weighted by molar-refractivity contribution is 5.94. The number of aromatic nitrogens is 4. The lowest BCUT2D eigenvalue weighted by molar-refractivity contribution is 0.0958. The molecule has 2 atom stereocenters. The molecule has 2 saturated carbocycles. The van der Waals surface area contributed by atoms with Crippen molar-refractivity contribution < 1.29 is 4.79 Å². The third-order valence-electron chi connectivity index (χ3n) is 6.81. The third kappa shape index (κ3) is 4.58. The second kappa shape index (κ2) is 9.02. The number of aryl methyl sites for hydroxylation is 1. The van der Waals surface area contributed by atoms with Crippen LogP contribution in [0.3, 0.4) is 0 Å². The maximum atomic E-state index is 12.0. The summed E-state index contributed by atoms with van der Waals surface area (Å²) in [6.45, 7) is 1.95. The first-order valence-corrected chi connectivity index (χ1v) is 11.5. The highest BCUT2D eigenvalue weighted by Crippen LogP contribution is 2.46. The smallest absolute Gasteiger partial charge is 0.252 e. The topological polar surface area (TPSA) is 109 Å². The molecule has 2 bridgehead atoms. The molecule has 2 aliphatic rings. The number of fused-ring (bicyclic) bond motifs is 2. The van der Waals surface area contributed by atoms with Gasteiger partial charge in [0.2, 0.25) is 5.95 Å². The van der Waals surface area contributed by atoms with Gasteiger partial charge in [-0.05, 0) is 55.7 Å². The number of amides is 1. The molecule has 3 aromatic rings. The summed E-state index contributed by atoms with van der Waals surface area (Å²) in [5.41, 5.74) is 4.02. The summed E-state index contributed by atoms with van der Waals surface area (Å²) in [5.74, 6) is 1.96. The summed E-state index contributed by atoms with van der Waals surface area (Å²) in [4.78, 5) is 21.2. The van der Waals surface area contributed by atoms with Crippen LogP contribution in [0.2, 0.25) is 0 Å². The van der Waals surface area contributed by atoms with Crippen LogP contribution in [0.5, 0.6) is 0 Å². The zero-order valence-corrected chi connectivity index (χ0v) is 18.7. The number of nitriles is 1. The highest BCUT2D eigenvalue weighted by Gasteiger charge is 2.35. The Labute approximate surface area is 193 Å². The molecule has 2 heterocycles. The van der Waals surface area contributed by atoms with Crippen molar-refractivity contribution in [2.75, 3.05) is 11.9 Å². The second-order valence-corrected chi connectivity index (χ2v) is 9.15. The van der Waals surface area contributed by atoms with Gasteiger partial charge in [-0.15, -0.1) is 0 Å². The van der Waals surface area contributed by atoms with Crippen LogP contribution in [0.1, 0.15) is 54.1 Å². The van der Waals surface area contributed by atoms with Crippen LogP contribution in [0.25, 0.3) is 11.3 Å². The summed E-state index contributed by atoms with van der Waals surface area (Å²) >= 11 is 0. The standard InChI is InChI=1S/C25H27N7O/c1-16-13-28-25(31-23(16)19-4-6-20(7-5-19)24(33)27-9-8-26)30-21-14-29-32(15-21)22-11-17-2-3-18(10-17)12-22/h4-7,13-15,17-18,22H,2-3,9-12H2,1H3,(H,27,33)(H,28,30,31). The number of nitrogens with zero attached hydrogens (tertiary/aromatic N) is 5. The van der Waals surface area contributed by atoms with Crippen molar-refractivity contribution in [2.45, 2.75) is 45.1 Å². The minimum absolute atomic E-state index is 0.0148. The van der Waals surface area contributed by atoms with E-state index in [9.17, 15) is 4.79 Å². The van der Waals surface area contributed by atoms with Crippen molar-refractivity contribution >= 4 is 17.5 Å². The molecular weight excluding hydrogens is 414 g/mol. The average Bonchev–Trinajstić information content (AvgIpc) is 3.44. The molecule has 2 fully saturated rings. The van der Waals surface area contributed by atoms with Crippen LogP contribution in [0, 0.1) is 30.1 Å². The Kier molecular flexibility index (Phi) is 5.78. The van der Waals surface area contributed by atoms with E-state index < -0.39 is 0 Å². The largest absolute Gasteiger partial charge is 0.339 e. The van der Waals surface area contributed by atoms with Crippen LogP contribution in [0.15, 0.2) is 42.9 Å². The van der Waals surface area contributed by atoms with Crippen LogP contribution >= 0.6 is 0 Å². The van der Waals surface area contributed by atoms with Crippen molar-refractivity contribution in [3.8, 4) is 17.3 Å². The van der Waals surface area contributed by atoms with E-state index in [4.69, 9.17) is 10.2 Å². The fourth-order valence-corrected chi connectivity index (χ4v) is 5.22. The fourth-order valence-electron chi connectivity index (χ4n) is 5.22. The molecule has 168 valence electrons. The number of benzene rings is 1. The number of rotatable bonds is 6. The van der Waals surface area contributed by atoms with Gasteiger partial charge >= 0.3 is 0 Å². The summed E-state index contributed by atoms with van der Waals surface area (Å²) in [7, 11) is 0. The number of nitrogens with one attached hydrogen (secondary N) is 2. The van der Waals surface area contributed by atoms with E-state index in [2.05, 4.69) is 31.6 Å². The zero-order valence-electron chi connectivity index (χ0n) is 18.7. The van der Waals surface area contributed by atoms with Crippen molar-refractivity contribution in [3.63, 3.8) is 0 Å². The second-order valence-electron chi connectivity index (χ2n) is 9.15. The number of anilines is 2. The summed E-state index contributed by atoms with van der Waals surface area (Å²) in [6.07, 6.45) is 12.3.